The van der Waals surface area contributed by atoms with E-state index in [-0.39, 0.29) is 46.7 Å². The standard InChI is InChI=1S/C38H32F6N8O2/c1-37(2,54)11-10-22-5-7-23(24-6-4-19(16-45)29-33(24)51(3)50-36(29)46)31(47-22)27(14-18-12-20(39)15-21(40)13-18)48-28(53)17-52-34-30(32(49-52)35(41)42)25-8-9-26(25)38(34,43)44/h4-7,12-13,15,25-27,35,54H,8-9,14,17H2,1-3H3,(H2,46,50)(H,48,53)/t25-,26+,27-/m0/s1. The monoisotopic (exact) mass is 746 g/mol. The Morgan fingerprint density at radius 3 is 2.43 bits per heavy atom. The number of hydrogen-bond donors (Lipinski definition) is 3. The van der Waals surface area contributed by atoms with Crippen molar-refractivity contribution in [3.63, 3.8) is 0 Å². The van der Waals surface area contributed by atoms with Crippen molar-refractivity contribution in [1.82, 2.24) is 29.9 Å². The Morgan fingerprint density at radius 2 is 1.80 bits per heavy atom. The number of amides is 1. The minimum absolute atomic E-state index is 0.0633. The highest BCUT2D eigenvalue weighted by Crippen LogP contribution is 2.63. The second-order valence-electron chi connectivity index (χ2n) is 14.1. The number of anilines is 1. The Balaban J connectivity index is 1.38. The summed E-state index contributed by atoms with van der Waals surface area (Å²) in [6.45, 7) is 2.03. The van der Waals surface area contributed by atoms with E-state index >= 15 is 8.78 Å². The highest BCUT2D eigenvalue weighted by atomic mass is 19.3. The number of nitrogen functional groups attached to an aromatic ring is 1. The zero-order valence-electron chi connectivity index (χ0n) is 29.1. The van der Waals surface area contributed by atoms with E-state index < -0.39 is 71.3 Å². The Labute approximate surface area is 304 Å². The second-order valence-corrected chi connectivity index (χ2v) is 14.1. The molecule has 2 aromatic carbocycles. The molecule has 16 heteroatoms. The molecule has 3 heterocycles. The maximum atomic E-state index is 15.6. The SMILES string of the molecule is Cn1nc(N)c2c(C#N)ccc(-c3ccc(C#CC(C)(C)O)nc3[C@H](Cc3cc(F)cc(F)c3)NC(=O)Cn3nc(C(F)F)c4c3C(F)(F)[C@@H]3CC[C@H]43)c21. The molecule has 4 N–H and O–H groups in total. The zero-order valence-corrected chi connectivity index (χ0v) is 29.1. The lowest BCUT2D eigenvalue weighted by Crippen LogP contribution is -2.36. The number of alkyl halides is 4. The number of aryl methyl sites for hydroxylation is 1. The molecular formula is C38H32F6N8O2. The molecule has 1 amide bonds. The van der Waals surface area contributed by atoms with Gasteiger partial charge in [-0.3, -0.25) is 14.2 Å². The third-order valence-electron chi connectivity index (χ3n) is 9.82. The lowest BCUT2D eigenvalue weighted by atomic mass is 9.73. The molecule has 0 bridgehead atoms. The topological polar surface area (TPSA) is 148 Å². The van der Waals surface area contributed by atoms with Crippen molar-refractivity contribution in [1.29, 1.82) is 5.26 Å². The summed E-state index contributed by atoms with van der Waals surface area (Å²) in [6.07, 6.45) is -3.02. The van der Waals surface area contributed by atoms with E-state index in [0.717, 1.165) is 12.1 Å². The number of nitrogens with one attached hydrogen (secondary N) is 1. The fourth-order valence-corrected chi connectivity index (χ4v) is 7.51. The summed E-state index contributed by atoms with van der Waals surface area (Å²) < 4.78 is 90.5. The number of hydrogen-bond acceptors (Lipinski definition) is 7. The minimum atomic E-state index is -3.49. The molecule has 2 aliphatic rings. The van der Waals surface area contributed by atoms with E-state index in [1.165, 1.54) is 30.7 Å². The summed E-state index contributed by atoms with van der Waals surface area (Å²) in [7, 11) is 1.60. The normalized spacial score (nSPS) is 17.7. The fourth-order valence-electron chi connectivity index (χ4n) is 7.51. The van der Waals surface area contributed by atoms with Gasteiger partial charge in [-0.2, -0.15) is 24.2 Å². The predicted octanol–water partition coefficient (Wildman–Crippen LogP) is 6.32. The van der Waals surface area contributed by atoms with Crippen LogP contribution in [-0.2, 0) is 30.7 Å². The van der Waals surface area contributed by atoms with E-state index in [4.69, 9.17) is 10.7 Å². The van der Waals surface area contributed by atoms with Crippen LogP contribution in [0.4, 0.5) is 32.2 Å². The lowest BCUT2D eigenvalue weighted by Gasteiger charge is -2.34. The van der Waals surface area contributed by atoms with Gasteiger partial charge in [0.25, 0.3) is 12.3 Å². The molecule has 1 fully saturated rings. The third kappa shape index (κ3) is 6.40. The average molecular weight is 747 g/mol. The van der Waals surface area contributed by atoms with Crippen molar-refractivity contribution in [2.75, 3.05) is 5.73 Å². The Bertz CT molecular complexity index is 2430. The van der Waals surface area contributed by atoms with Gasteiger partial charge in [0, 0.05) is 35.7 Å². The lowest BCUT2D eigenvalue weighted by molar-refractivity contribution is -0.123. The number of rotatable bonds is 8. The number of nitrogens with two attached hydrogens (primary N) is 1. The Morgan fingerprint density at radius 1 is 1.09 bits per heavy atom. The van der Waals surface area contributed by atoms with E-state index in [1.54, 1.807) is 19.2 Å². The smallest absolute Gasteiger partial charge is 0.293 e. The molecular weight excluding hydrogens is 714 g/mol. The number of nitriles is 1. The number of fused-ring (bicyclic) bond motifs is 4. The first-order valence-corrected chi connectivity index (χ1v) is 16.9. The maximum absolute atomic E-state index is 15.6. The van der Waals surface area contributed by atoms with Gasteiger partial charge in [0.1, 0.15) is 40.9 Å². The summed E-state index contributed by atoms with van der Waals surface area (Å²) in [5.74, 6) is -2.71. The predicted molar refractivity (Wildman–Crippen MR) is 184 cm³/mol. The highest BCUT2D eigenvalue weighted by molar-refractivity contribution is 6.03. The first-order valence-electron chi connectivity index (χ1n) is 16.9. The van der Waals surface area contributed by atoms with Gasteiger partial charge in [-0.05, 0) is 80.8 Å². The molecule has 54 heavy (non-hydrogen) atoms. The summed E-state index contributed by atoms with van der Waals surface area (Å²) in [4.78, 5) is 18.6. The van der Waals surface area contributed by atoms with E-state index in [1.807, 2.05) is 0 Å². The van der Waals surface area contributed by atoms with Gasteiger partial charge in [0.05, 0.1) is 34.3 Å². The largest absolute Gasteiger partial charge is 0.382 e. The summed E-state index contributed by atoms with van der Waals surface area (Å²) >= 11 is 0. The van der Waals surface area contributed by atoms with Crippen LogP contribution in [0.1, 0.15) is 84.5 Å². The molecule has 0 radical (unpaired) electrons. The van der Waals surface area contributed by atoms with Gasteiger partial charge >= 0.3 is 0 Å². The van der Waals surface area contributed by atoms with E-state index in [9.17, 15) is 32.7 Å². The average Bonchev–Trinajstić information content (AvgIpc) is 3.63. The summed E-state index contributed by atoms with van der Waals surface area (Å²) in [6, 6.07) is 9.87. The van der Waals surface area contributed by atoms with Crippen molar-refractivity contribution in [2.45, 2.75) is 69.6 Å². The van der Waals surface area contributed by atoms with Crippen molar-refractivity contribution < 1.29 is 36.2 Å². The fraction of sp³-hybridized carbons (Fsp3) is 0.342. The van der Waals surface area contributed by atoms with Crippen molar-refractivity contribution >= 4 is 22.6 Å². The van der Waals surface area contributed by atoms with Gasteiger partial charge in [-0.1, -0.05) is 12.0 Å². The van der Waals surface area contributed by atoms with Crippen LogP contribution in [-0.4, -0.2) is 41.2 Å². The van der Waals surface area contributed by atoms with Crippen molar-refractivity contribution in [3.05, 3.63) is 93.6 Å². The zero-order chi connectivity index (χ0) is 38.9. The maximum Gasteiger partial charge on any atom is 0.293 e. The van der Waals surface area contributed by atoms with Crippen LogP contribution >= 0.6 is 0 Å². The van der Waals surface area contributed by atoms with Crippen molar-refractivity contribution in [2.24, 2.45) is 13.0 Å². The van der Waals surface area contributed by atoms with Gasteiger partial charge in [-0.15, -0.1) is 0 Å². The molecule has 278 valence electrons. The van der Waals surface area contributed by atoms with Crippen LogP contribution in [0.2, 0.25) is 0 Å². The minimum Gasteiger partial charge on any atom is -0.382 e. The molecule has 10 nitrogen and oxygen atoms in total. The van der Waals surface area contributed by atoms with Gasteiger partial charge in [-0.25, -0.2) is 22.5 Å². The Hall–Kier alpha value is -5.87. The molecule has 0 spiro atoms. The molecule has 7 rings (SSSR count). The number of halogens is 6. The van der Waals surface area contributed by atoms with Crippen LogP contribution in [0, 0.1) is 40.7 Å². The van der Waals surface area contributed by atoms with Crippen molar-refractivity contribution in [3.8, 4) is 29.0 Å². The van der Waals surface area contributed by atoms with Crippen LogP contribution in [0.5, 0.6) is 0 Å². The number of carbonyl (C=O) groups is 1. The number of carbonyl (C=O) groups excluding carboxylic acids is 1. The molecule has 3 atom stereocenters. The van der Waals surface area contributed by atoms with Crippen LogP contribution in [0.3, 0.4) is 0 Å². The third-order valence-corrected chi connectivity index (χ3v) is 9.82. The summed E-state index contributed by atoms with van der Waals surface area (Å²) in [5, 5.41) is 31.2. The van der Waals surface area contributed by atoms with Gasteiger partial charge in [0.2, 0.25) is 5.91 Å². The first-order chi connectivity index (χ1) is 25.5. The summed E-state index contributed by atoms with van der Waals surface area (Å²) in [5.41, 5.74) is 4.72. The molecule has 0 aliphatic heterocycles. The number of nitrogens with zero attached hydrogens (tertiary/aromatic N) is 6. The molecule has 0 unspecified atom stereocenters. The van der Waals surface area contributed by atoms with Gasteiger partial charge < -0.3 is 16.2 Å². The number of aliphatic hydroxyl groups is 1. The van der Waals surface area contributed by atoms with Crippen LogP contribution in [0.25, 0.3) is 22.0 Å². The number of aromatic nitrogens is 5. The Kier molecular flexibility index (Phi) is 8.93. The molecule has 5 aromatic rings. The van der Waals surface area contributed by atoms with E-state index in [0.29, 0.717) is 39.2 Å². The van der Waals surface area contributed by atoms with Crippen LogP contribution < -0.4 is 11.1 Å². The molecule has 3 aromatic heterocycles. The molecule has 0 saturated heterocycles. The first kappa shape index (κ1) is 36.5. The van der Waals surface area contributed by atoms with E-state index in [2.05, 4.69) is 33.4 Å². The van der Waals surface area contributed by atoms with Gasteiger partial charge in [0.15, 0.2) is 5.82 Å². The number of pyridine rings is 1. The quantitative estimate of drug-likeness (QED) is 0.124. The second kappa shape index (κ2) is 13.2. The number of benzene rings is 2. The van der Waals surface area contributed by atoms with Crippen LogP contribution in [0.15, 0.2) is 42.5 Å². The highest BCUT2D eigenvalue weighted by Gasteiger charge is 2.62. The molecule has 2 aliphatic carbocycles. The molecule has 1 saturated carbocycles.